The number of hydrogen-bond acceptors (Lipinski definition) is 4. The highest BCUT2D eigenvalue weighted by Crippen LogP contribution is 2.21. The van der Waals surface area contributed by atoms with Gasteiger partial charge in [0.25, 0.3) is 0 Å². The third-order valence-corrected chi connectivity index (χ3v) is 2.60. The summed E-state index contributed by atoms with van der Waals surface area (Å²) in [4.78, 5) is 33.3. The molecule has 0 saturated heterocycles. The van der Waals surface area contributed by atoms with E-state index >= 15 is 0 Å². The molecule has 0 aliphatic rings. The number of halogens is 1. The molecule has 0 heterocycles. The van der Waals surface area contributed by atoms with Crippen LogP contribution in [0.1, 0.15) is 17.4 Å². The van der Waals surface area contributed by atoms with Gasteiger partial charge in [0.05, 0.1) is 6.42 Å². The Morgan fingerprint density at radius 1 is 1.26 bits per heavy atom. The Morgan fingerprint density at radius 2 is 1.84 bits per heavy atom. The Morgan fingerprint density at radius 3 is 2.37 bits per heavy atom. The van der Waals surface area contributed by atoms with Crippen LogP contribution in [0.5, 0.6) is 0 Å². The first kappa shape index (κ1) is 14.9. The van der Waals surface area contributed by atoms with E-state index in [0.29, 0.717) is 5.56 Å². The molecule has 1 rings (SSSR count). The first-order chi connectivity index (χ1) is 8.91. The van der Waals surface area contributed by atoms with Gasteiger partial charge in [0, 0.05) is 5.57 Å². The Kier molecular flexibility index (Phi) is 5.26. The van der Waals surface area contributed by atoms with Crippen LogP contribution in [0.15, 0.2) is 42.5 Å². The quantitative estimate of drug-likeness (QED) is 0.387. The van der Waals surface area contributed by atoms with E-state index < -0.39 is 29.7 Å². The number of benzene rings is 1. The standard InChI is InChI=1S/C13H11ClO5/c1-8(12(16)17)7-10(15)19-13(18)11(14)9-5-3-2-4-6-9/h2-6,11H,1,7H2,(H,16,17). The van der Waals surface area contributed by atoms with E-state index in [4.69, 9.17) is 16.7 Å². The van der Waals surface area contributed by atoms with Gasteiger partial charge in [-0.05, 0) is 5.56 Å². The summed E-state index contributed by atoms with van der Waals surface area (Å²) in [6.45, 7) is 3.16. The van der Waals surface area contributed by atoms with Crippen LogP contribution in [0, 0.1) is 0 Å². The molecule has 1 aromatic carbocycles. The molecule has 0 radical (unpaired) electrons. The molecule has 19 heavy (non-hydrogen) atoms. The minimum Gasteiger partial charge on any atom is -0.478 e. The Bertz CT molecular complexity index is 509. The maximum absolute atomic E-state index is 11.6. The molecule has 0 amide bonds. The Labute approximate surface area is 114 Å². The largest absolute Gasteiger partial charge is 0.478 e. The van der Waals surface area contributed by atoms with Gasteiger partial charge in [0.15, 0.2) is 5.38 Å². The second kappa shape index (κ2) is 6.70. The molecule has 0 aromatic heterocycles. The molecular weight excluding hydrogens is 272 g/mol. The van der Waals surface area contributed by atoms with Crippen molar-refractivity contribution in [1.82, 2.24) is 0 Å². The number of hydrogen-bond donors (Lipinski definition) is 1. The highest BCUT2D eigenvalue weighted by Gasteiger charge is 2.23. The summed E-state index contributed by atoms with van der Waals surface area (Å²) in [5.41, 5.74) is 0.127. The zero-order valence-electron chi connectivity index (χ0n) is 9.84. The summed E-state index contributed by atoms with van der Waals surface area (Å²) in [5.74, 6) is -3.27. The minimum atomic E-state index is -1.32. The van der Waals surface area contributed by atoms with Crippen molar-refractivity contribution in [1.29, 1.82) is 0 Å². The summed E-state index contributed by atoms with van der Waals surface area (Å²) in [5, 5.41) is 7.41. The molecule has 1 aromatic rings. The molecule has 1 N–H and O–H groups in total. The number of carbonyl (C=O) groups is 3. The van der Waals surface area contributed by atoms with E-state index in [1.165, 1.54) is 0 Å². The molecule has 5 nitrogen and oxygen atoms in total. The molecule has 1 atom stereocenters. The number of carboxylic acids is 1. The number of carbonyl (C=O) groups excluding carboxylic acids is 2. The fraction of sp³-hybridized carbons (Fsp3) is 0.154. The smallest absolute Gasteiger partial charge is 0.336 e. The summed E-state index contributed by atoms with van der Waals surface area (Å²) in [7, 11) is 0. The molecule has 0 bridgehead atoms. The molecule has 100 valence electrons. The summed E-state index contributed by atoms with van der Waals surface area (Å²) in [6, 6.07) is 8.35. The maximum Gasteiger partial charge on any atom is 0.336 e. The van der Waals surface area contributed by atoms with Crippen molar-refractivity contribution < 1.29 is 24.2 Å². The predicted molar refractivity (Wildman–Crippen MR) is 67.5 cm³/mol. The van der Waals surface area contributed by atoms with Gasteiger partial charge in [0.1, 0.15) is 0 Å². The van der Waals surface area contributed by atoms with Gasteiger partial charge in [-0.1, -0.05) is 36.9 Å². The van der Waals surface area contributed by atoms with Crippen molar-refractivity contribution >= 4 is 29.5 Å². The maximum atomic E-state index is 11.6. The van der Waals surface area contributed by atoms with Gasteiger partial charge in [-0.3, -0.25) is 4.79 Å². The van der Waals surface area contributed by atoms with Crippen molar-refractivity contribution in [2.45, 2.75) is 11.8 Å². The van der Waals surface area contributed by atoms with E-state index in [2.05, 4.69) is 11.3 Å². The normalized spacial score (nSPS) is 11.4. The lowest BCUT2D eigenvalue weighted by atomic mass is 10.1. The van der Waals surface area contributed by atoms with Crippen molar-refractivity contribution in [2.24, 2.45) is 0 Å². The summed E-state index contributed by atoms with van der Waals surface area (Å²) >= 11 is 5.83. The van der Waals surface area contributed by atoms with Crippen molar-refractivity contribution in [3.8, 4) is 0 Å². The van der Waals surface area contributed by atoms with Crippen molar-refractivity contribution in [3.63, 3.8) is 0 Å². The number of alkyl halides is 1. The fourth-order valence-corrected chi connectivity index (χ4v) is 1.40. The molecule has 0 fully saturated rings. The zero-order chi connectivity index (χ0) is 14.4. The van der Waals surface area contributed by atoms with Gasteiger partial charge in [-0.15, -0.1) is 11.6 Å². The molecule has 1 unspecified atom stereocenters. The van der Waals surface area contributed by atoms with E-state index in [-0.39, 0.29) is 5.57 Å². The van der Waals surface area contributed by atoms with Gasteiger partial charge in [0.2, 0.25) is 0 Å². The van der Waals surface area contributed by atoms with Gasteiger partial charge < -0.3 is 9.84 Å². The van der Waals surface area contributed by atoms with Gasteiger partial charge in [-0.2, -0.15) is 0 Å². The first-order valence-electron chi connectivity index (χ1n) is 5.26. The molecule has 0 saturated carbocycles. The van der Waals surface area contributed by atoms with E-state index in [9.17, 15) is 14.4 Å². The molecule has 0 spiro atoms. The van der Waals surface area contributed by atoms with E-state index in [0.717, 1.165) is 0 Å². The van der Waals surface area contributed by atoms with E-state index in [1.54, 1.807) is 30.3 Å². The molecule has 0 aliphatic heterocycles. The summed E-state index contributed by atoms with van der Waals surface area (Å²) in [6.07, 6.45) is -0.570. The SMILES string of the molecule is C=C(CC(=O)OC(=O)C(Cl)c1ccccc1)C(=O)O. The average molecular weight is 283 g/mol. The van der Waals surface area contributed by atoms with Crippen LogP contribution in [0.25, 0.3) is 0 Å². The third-order valence-electron chi connectivity index (χ3n) is 2.17. The highest BCUT2D eigenvalue weighted by molar-refractivity contribution is 6.30. The second-order valence-corrected chi connectivity index (χ2v) is 4.09. The molecular formula is C13H11ClO5. The lowest BCUT2D eigenvalue weighted by molar-refractivity contribution is -0.159. The Hall–Kier alpha value is -2.14. The van der Waals surface area contributed by atoms with Crippen LogP contribution in [0.3, 0.4) is 0 Å². The Balaban J connectivity index is 2.58. The monoisotopic (exact) mass is 282 g/mol. The number of carboxylic acid groups (broad SMARTS) is 1. The van der Waals surface area contributed by atoms with Crippen molar-refractivity contribution in [3.05, 3.63) is 48.0 Å². The van der Waals surface area contributed by atoms with Crippen LogP contribution in [0.4, 0.5) is 0 Å². The van der Waals surface area contributed by atoms with E-state index in [1.807, 2.05) is 0 Å². The van der Waals surface area contributed by atoms with Crippen LogP contribution in [0.2, 0.25) is 0 Å². The fourth-order valence-electron chi connectivity index (χ4n) is 1.21. The van der Waals surface area contributed by atoms with Crippen LogP contribution >= 0.6 is 11.6 Å². The minimum absolute atomic E-state index is 0.358. The van der Waals surface area contributed by atoms with Crippen LogP contribution in [-0.2, 0) is 19.1 Å². The lowest BCUT2D eigenvalue weighted by Gasteiger charge is -2.08. The molecule has 0 aliphatic carbocycles. The second-order valence-electron chi connectivity index (χ2n) is 3.65. The number of aliphatic carboxylic acids is 1. The zero-order valence-corrected chi connectivity index (χ0v) is 10.6. The average Bonchev–Trinajstić information content (AvgIpc) is 2.38. The van der Waals surface area contributed by atoms with Crippen LogP contribution in [-0.4, -0.2) is 23.0 Å². The topological polar surface area (TPSA) is 80.7 Å². The number of rotatable bonds is 5. The highest BCUT2D eigenvalue weighted by atomic mass is 35.5. The third kappa shape index (κ3) is 4.56. The number of esters is 2. The van der Waals surface area contributed by atoms with Crippen LogP contribution < -0.4 is 0 Å². The molecule has 6 heteroatoms. The lowest BCUT2D eigenvalue weighted by Crippen LogP contribution is -2.18. The van der Waals surface area contributed by atoms with Gasteiger partial charge in [-0.25, -0.2) is 9.59 Å². The van der Waals surface area contributed by atoms with Gasteiger partial charge >= 0.3 is 17.9 Å². The summed E-state index contributed by atoms with van der Waals surface area (Å²) < 4.78 is 4.45. The van der Waals surface area contributed by atoms with Crippen molar-refractivity contribution in [2.75, 3.05) is 0 Å². The number of ether oxygens (including phenoxy) is 1. The predicted octanol–water partition coefficient (Wildman–Crippen LogP) is 2.07. The first-order valence-corrected chi connectivity index (χ1v) is 5.70.